The second-order valence-electron chi connectivity index (χ2n) is 4.13. The maximum atomic E-state index is 11.7. The molecule has 0 bridgehead atoms. The quantitative estimate of drug-likeness (QED) is 0.467. The van der Waals surface area contributed by atoms with Gasteiger partial charge in [0.15, 0.2) is 6.10 Å². The maximum absolute atomic E-state index is 11.7. The lowest BCUT2D eigenvalue weighted by Gasteiger charge is -2.18. The first-order chi connectivity index (χ1) is 9.12. The van der Waals surface area contributed by atoms with Crippen LogP contribution in [0.3, 0.4) is 0 Å². The normalized spacial score (nSPS) is 11.7. The van der Waals surface area contributed by atoms with E-state index in [0.717, 1.165) is 5.56 Å². The van der Waals surface area contributed by atoms with Crippen LogP contribution in [-0.2, 0) is 16.0 Å². The van der Waals surface area contributed by atoms with Gasteiger partial charge in [-0.1, -0.05) is 13.0 Å². The number of carbonyl (C=O) groups excluding carboxylic acids is 1. The van der Waals surface area contributed by atoms with Crippen molar-refractivity contribution in [1.29, 1.82) is 0 Å². The fourth-order valence-corrected chi connectivity index (χ4v) is 1.72. The van der Waals surface area contributed by atoms with Gasteiger partial charge >= 0.3 is 5.97 Å². The van der Waals surface area contributed by atoms with Crippen LogP contribution in [0.1, 0.15) is 25.8 Å². The Hall–Kier alpha value is -1.97. The van der Waals surface area contributed by atoms with Crippen LogP contribution >= 0.6 is 0 Å². The summed E-state index contributed by atoms with van der Waals surface area (Å²) >= 11 is 0. The first kappa shape index (κ1) is 15.1. The number of allylic oxidation sites excluding steroid dienone is 1. The van der Waals surface area contributed by atoms with Gasteiger partial charge in [0.1, 0.15) is 5.75 Å². The Bertz CT molecular complexity index is 443. The third-order valence-corrected chi connectivity index (χ3v) is 2.64. The van der Waals surface area contributed by atoms with Crippen LogP contribution in [0.15, 0.2) is 30.9 Å². The van der Waals surface area contributed by atoms with E-state index in [2.05, 4.69) is 6.58 Å². The lowest BCUT2D eigenvalue weighted by molar-refractivity contribution is -0.151. The van der Waals surface area contributed by atoms with Crippen molar-refractivity contribution >= 4 is 11.7 Å². The standard InChI is InChI=1S/C15H21NO3/c1-4-7-11-10-12(16)8-9-14(11)19-13(5-2)15(17)18-6-3/h4,8-10,13H,1,5-7,16H2,2-3H3. The van der Waals surface area contributed by atoms with Crippen molar-refractivity contribution in [2.75, 3.05) is 12.3 Å². The van der Waals surface area contributed by atoms with Gasteiger partial charge in [-0.15, -0.1) is 6.58 Å². The zero-order chi connectivity index (χ0) is 14.3. The van der Waals surface area contributed by atoms with E-state index >= 15 is 0 Å². The van der Waals surface area contributed by atoms with Crippen LogP contribution in [0, 0.1) is 0 Å². The molecule has 1 unspecified atom stereocenters. The van der Waals surface area contributed by atoms with Crippen molar-refractivity contribution in [2.45, 2.75) is 32.8 Å². The first-order valence-electron chi connectivity index (χ1n) is 6.44. The second-order valence-corrected chi connectivity index (χ2v) is 4.13. The van der Waals surface area contributed by atoms with Gasteiger partial charge in [0.25, 0.3) is 0 Å². The largest absolute Gasteiger partial charge is 0.478 e. The predicted octanol–water partition coefficient (Wildman–Crippen LogP) is 2.72. The van der Waals surface area contributed by atoms with Crippen molar-refractivity contribution in [3.63, 3.8) is 0 Å². The van der Waals surface area contributed by atoms with E-state index in [-0.39, 0.29) is 5.97 Å². The van der Waals surface area contributed by atoms with Gasteiger partial charge in [-0.3, -0.25) is 0 Å². The average molecular weight is 263 g/mol. The average Bonchev–Trinajstić information content (AvgIpc) is 2.38. The molecule has 1 rings (SSSR count). The number of ether oxygens (including phenoxy) is 2. The molecule has 0 aromatic heterocycles. The molecule has 0 aliphatic rings. The molecule has 0 saturated carbocycles. The predicted molar refractivity (Wildman–Crippen MR) is 76.1 cm³/mol. The number of esters is 1. The fourth-order valence-electron chi connectivity index (χ4n) is 1.72. The summed E-state index contributed by atoms with van der Waals surface area (Å²) in [6, 6.07) is 5.35. The topological polar surface area (TPSA) is 61.5 Å². The number of nitrogens with two attached hydrogens (primary N) is 1. The van der Waals surface area contributed by atoms with Crippen molar-refractivity contribution in [1.82, 2.24) is 0 Å². The molecule has 0 amide bonds. The fraction of sp³-hybridized carbons (Fsp3) is 0.400. The molecule has 4 heteroatoms. The summed E-state index contributed by atoms with van der Waals surface area (Å²) in [5, 5.41) is 0. The zero-order valence-electron chi connectivity index (χ0n) is 11.5. The monoisotopic (exact) mass is 263 g/mol. The minimum Gasteiger partial charge on any atom is -0.478 e. The maximum Gasteiger partial charge on any atom is 0.347 e. The van der Waals surface area contributed by atoms with Gasteiger partial charge in [-0.05, 0) is 43.5 Å². The van der Waals surface area contributed by atoms with E-state index in [1.807, 2.05) is 13.0 Å². The highest BCUT2D eigenvalue weighted by atomic mass is 16.6. The number of hydrogen-bond donors (Lipinski definition) is 1. The SMILES string of the molecule is C=CCc1cc(N)ccc1OC(CC)C(=O)OCC. The first-order valence-corrected chi connectivity index (χ1v) is 6.44. The van der Waals surface area contributed by atoms with Crippen LogP contribution in [0.4, 0.5) is 5.69 Å². The third-order valence-electron chi connectivity index (χ3n) is 2.64. The Balaban J connectivity index is 2.89. The lowest BCUT2D eigenvalue weighted by atomic mass is 10.1. The second kappa shape index (κ2) is 7.46. The lowest BCUT2D eigenvalue weighted by Crippen LogP contribution is -2.29. The van der Waals surface area contributed by atoms with Crippen molar-refractivity contribution in [3.05, 3.63) is 36.4 Å². The summed E-state index contributed by atoms with van der Waals surface area (Å²) in [5.41, 5.74) is 7.32. The Labute approximate surface area is 114 Å². The molecule has 1 atom stereocenters. The molecule has 0 aliphatic carbocycles. The van der Waals surface area contributed by atoms with Crippen molar-refractivity contribution < 1.29 is 14.3 Å². The summed E-state index contributed by atoms with van der Waals surface area (Å²) in [7, 11) is 0. The summed E-state index contributed by atoms with van der Waals surface area (Å²) in [6.45, 7) is 7.71. The zero-order valence-corrected chi connectivity index (χ0v) is 11.5. The Morgan fingerprint density at radius 3 is 2.79 bits per heavy atom. The number of carbonyl (C=O) groups is 1. The van der Waals surface area contributed by atoms with E-state index in [0.29, 0.717) is 30.9 Å². The molecular formula is C15H21NO3. The summed E-state index contributed by atoms with van der Waals surface area (Å²) in [6.07, 6.45) is 2.37. The Kier molecular flexibility index (Phi) is 5.93. The van der Waals surface area contributed by atoms with Gasteiger partial charge in [0.05, 0.1) is 6.61 Å². The van der Waals surface area contributed by atoms with E-state index in [9.17, 15) is 4.79 Å². The minimum atomic E-state index is -0.591. The molecule has 104 valence electrons. The van der Waals surface area contributed by atoms with Crippen LogP contribution in [-0.4, -0.2) is 18.7 Å². The van der Waals surface area contributed by atoms with Gasteiger partial charge < -0.3 is 15.2 Å². The Morgan fingerprint density at radius 2 is 2.21 bits per heavy atom. The molecule has 0 heterocycles. The molecule has 1 aromatic rings. The van der Waals surface area contributed by atoms with E-state index in [4.69, 9.17) is 15.2 Å². The third kappa shape index (κ3) is 4.32. The Morgan fingerprint density at radius 1 is 1.47 bits per heavy atom. The molecule has 0 radical (unpaired) electrons. The number of anilines is 1. The van der Waals surface area contributed by atoms with Crippen molar-refractivity contribution in [2.24, 2.45) is 0 Å². The number of benzene rings is 1. The number of rotatable bonds is 7. The highest BCUT2D eigenvalue weighted by Gasteiger charge is 2.20. The van der Waals surface area contributed by atoms with Crippen LogP contribution in [0.25, 0.3) is 0 Å². The van der Waals surface area contributed by atoms with E-state index in [1.54, 1.807) is 25.1 Å². The molecule has 0 fully saturated rings. The van der Waals surface area contributed by atoms with Crippen molar-refractivity contribution in [3.8, 4) is 5.75 Å². The molecule has 19 heavy (non-hydrogen) atoms. The minimum absolute atomic E-state index is 0.341. The highest BCUT2D eigenvalue weighted by molar-refractivity contribution is 5.75. The summed E-state index contributed by atoms with van der Waals surface area (Å²) in [5.74, 6) is 0.306. The van der Waals surface area contributed by atoms with E-state index in [1.165, 1.54) is 0 Å². The molecule has 1 aromatic carbocycles. The van der Waals surface area contributed by atoms with E-state index < -0.39 is 6.10 Å². The van der Waals surface area contributed by atoms with Gasteiger partial charge in [0.2, 0.25) is 0 Å². The highest BCUT2D eigenvalue weighted by Crippen LogP contribution is 2.24. The number of nitrogen functional groups attached to an aromatic ring is 1. The van der Waals surface area contributed by atoms with Crippen LogP contribution < -0.4 is 10.5 Å². The van der Waals surface area contributed by atoms with Gasteiger partial charge in [-0.2, -0.15) is 0 Å². The molecule has 0 saturated heterocycles. The van der Waals surface area contributed by atoms with Gasteiger partial charge in [0, 0.05) is 5.69 Å². The molecule has 0 aliphatic heterocycles. The summed E-state index contributed by atoms with van der Waals surface area (Å²) in [4.78, 5) is 11.7. The molecule has 0 spiro atoms. The smallest absolute Gasteiger partial charge is 0.347 e. The summed E-state index contributed by atoms with van der Waals surface area (Å²) < 4.78 is 10.7. The number of hydrogen-bond acceptors (Lipinski definition) is 4. The molecular weight excluding hydrogens is 242 g/mol. The van der Waals surface area contributed by atoms with Crippen LogP contribution in [0.2, 0.25) is 0 Å². The molecule has 2 N–H and O–H groups in total. The molecule has 4 nitrogen and oxygen atoms in total. The van der Waals surface area contributed by atoms with Gasteiger partial charge in [-0.25, -0.2) is 4.79 Å². The van der Waals surface area contributed by atoms with Crippen LogP contribution in [0.5, 0.6) is 5.75 Å².